The van der Waals surface area contributed by atoms with E-state index in [0.717, 1.165) is 0 Å². The largest absolute Gasteiger partial charge is 0.389 e. The summed E-state index contributed by atoms with van der Waals surface area (Å²) in [6.45, 7) is 1.92. The molecule has 2 rings (SSSR count). The fourth-order valence-electron chi connectivity index (χ4n) is 3.08. The number of hydrogen-bond acceptors (Lipinski definition) is 4. The van der Waals surface area contributed by atoms with Crippen molar-refractivity contribution in [3.8, 4) is 0 Å². The molecule has 1 unspecified atom stereocenters. The zero-order valence-corrected chi connectivity index (χ0v) is 9.95. The van der Waals surface area contributed by atoms with Crippen molar-refractivity contribution in [2.75, 3.05) is 0 Å². The molecule has 0 aromatic heterocycles. The summed E-state index contributed by atoms with van der Waals surface area (Å²) >= 11 is 0. The van der Waals surface area contributed by atoms with E-state index < -0.39 is 29.3 Å². The molecule has 0 aromatic carbocycles. The molecule has 0 fully saturated rings. The molecule has 0 aliphatic heterocycles. The molecule has 17 heavy (non-hydrogen) atoms. The molecule has 0 aromatic rings. The van der Waals surface area contributed by atoms with E-state index in [4.69, 9.17) is 0 Å². The molecule has 96 valence electrons. The minimum atomic E-state index is -1.49. The first-order valence-corrected chi connectivity index (χ1v) is 6.11. The fourth-order valence-corrected chi connectivity index (χ4v) is 3.08. The molecule has 0 spiro atoms. The summed E-state index contributed by atoms with van der Waals surface area (Å²) in [6.07, 6.45) is 5.67. The van der Waals surface area contributed by atoms with Crippen LogP contribution in [0.1, 0.15) is 26.2 Å². The van der Waals surface area contributed by atoms with Crippen molar-refractivity contribution in [3.63, 3.8) is 0 Å². The number of fused-ring (bicyclic) bond motifs is 1. The fraction of sp³-hybridized carbons (Fsp3) is 0.692. The molecule has 0 bridgehead atoms. The van der Waals surface area contributed by atoms with Crippen molar-refractivity contribution in [3.05, 3.63) is 24.3 Å². The molecular weight excluding hydrogens is 220 g/mol. The van der Waals surface area contributed by atoms with Gasteiger partial charge in [0.25, 0.3) is 0 Å². The van der Waals surface area contributed by atoms with E-state index in [-0.39, 0.29) is 6.42 Å². The maximum atomic E-state index is 10.7. The van der Waals surface area contributed by atoms with Crippen molar-refractivity contribution >= 4 is 0 Å². The van der Waals surface area contributed by atoms with Gasteiger partial charge in [-0.25, -0.2) is 0 Å². The van der Waals surface area contributed by atoms with E-state index in [2.05, 4.69) is 0 Å². The maximum Gasteiger partial charge on any atom is 0.112 e. The van der Waals surface area contributed by atoms with Gasteiger partial charge in [0.15, 0.2) is 0 Å². The van der Waals surface area contributed by atoms with Crippen LogP contribution in [0.5, 0.6) is 0 Å². The number of aliphatic hydroxyl groups is 4. The minimum absolute atomic E-state index is 0.243. The Morgan fingerprint density at radius 3 is 2.47 bits per heavy atom. The second-order valence-corrected chi connectivity index (χ2v) is 5.10. The minimum Gasteiger partial charge on any atom is -0.389 e. The Balaban J connectivity index is 2.45. The van der Waals surface area contributed by atoms with Crippen LogP contribution < -0.4 is 0 Å². The zero-order chi connectivity index (χ0) is 12.7. The van der Waals surface area contributed by atoms with E-state index in [1.54, 1.807) is 12.2 Å². The van der Waals surface area contributed by atoms with Crippen molar-refractivity contribution in [2.24, 2.45) is 5.92 Å². The summed E-state index contributed by atoms with van der Waals surface area (Å²) in [5, 5.41) is 41.1. The maximum absolute atomic E-state index is 10.7. The predicted molar refractivity (Wildman–Crippen MR) is 63.2 cm³/mol. The first-order valence-electron chi connectivity index (χ1n) is 6.11. The SMILES string of the molecule is CCC[C@@]1(O)C=C[C@H](O)C2[C@H](O)C=CC[C@@]21O. The lowest BCUT2D eigenvalue weighted by molar-refractivity contribution is -0.203. The third-order valence-electron chi connectivity index (χ3n) is 4.00. The third-order valence-corrected chi connectivity index (χ3v) is 4.00. The summed E-state index contributed by atoms with van der Waals surface area (Å²) in [4.78, 5) is 0. The van der Waals surface area contributed by atoms with E-state index in [1.165, 1.54) is 12.2 Å². The zero-order valence-electron chi connectivity index (χ0n) is 9.95. The van der Waals surface area contributed by atoms with Gasteiger partial charge in [-0.3, -0.25) is 0 Å². The van der Waals surface area contributed by atoms with Gasteiger partial charge in [0.2, 0.25) is 0 Å². The Kier molecular flexibility index (Phi) is 3.16. The lowest BCUT2D eigenvalue weighted by Gasteiger charge is -2.52. The highest BCUT2D eigenvalue weighted by atomic mass is 16.4. The van der Waals surface area contributed by atoms with Gasteiger partial charge in [0.05, 0.1) is 18.1 Å². The molecule has 0 saturated heterocycles. The van der Waals surface area contributed by atoms with Crippen LogP contribution in [0, 0.1) is 5.92 Å². The Hall–Kier alpha value is -0.680. The molecule has 4 N–H and O–H groups in total. The van der Waals surface area contributed by atoms with Crippen molar-refractivity contribution < 1.29 is 20.4 Å². The van der Waals surface area contributed by atoms with Gasteiger partial charge in [-0.05, 0) is 12.8 Å². The molecule has 4 nitrogen and oxygen atoms in total. The third kappa shape index (κ3) is 1.76. The average Bonchev–Trinajstić information content (AvgIpc) is 2.25. The normalized spacial score (nSPS) is 49.1. The van der Waals surface area contributed by atoms with Crippen LogP contribution in [-0.4, -0.2) is 43.8 Å². The topological polar surface area (TPSA) is 80.9 Å². The first kappa shape index (κ1) is 12.8. The van der Waals surface area contributed by atoms with Crippen LogP contribution in [0.3, 0.4) is 0 Å². The first-order chi connectivity index (χ1) is 7.94. The molecule has 0 radical (unpaired) electrons. The summed E-state index contributed by atoms with van der Waals surface area (Å²) in [5.41, 5.74) is -2.87. The van der Waals surface area contributed by atoms with Crippen LogP contribution >= 0.6 is 0 Å². The molecule has 0 saturated carbocycles. The van der Waals surface area contributed by atoms with Crippen molar-refractivity contribution in [1.82, 2.24) is 0 Å². The van der Waals surface area contributed by atoms with E-state index >= 15 is 0 Å². The molecular formula is C13H20O4. The van der Waals surface area contributed by atoms with Crippen molar-refractivity contribution in [2.45, 2.75) is 49.6 Å². The second-order valence-electron chi connectivity index (χ2n) is 5.10. The van der Waals surface area contributed by atoms with Gasteiger partial charge in [-0.1, -0.05) is 37.6 Å². The average molecular weight is 240 g/mol. The van der Waals surface area contributed by atoms with Gasteiger partial charge < -0.3 is 20.4 Å². The van der Waals surface area contributed by atoms with Crippen LogP contribution in [0.2, 0.25) is 0 Å². The Morgan fingerprint density at radius 2 is 1.82 bits per heavy atom. The number of aliphatic hydroxyl groups excluding tert-OH is 2. The van der Waals surface area contributed by atoms with Crippen LogP contribution in [0.15, 0.2) is 24.3 Å². The summed E-state index contributed by atoms with van der Waals surface area (Å²) in [5.74, 6) is -0.769. The van der Waals surface area contributed by atoms with Gasteiger partial charge >= 0.3 is 0 Å². The highest BCUT2D eigenvalue weighted by Crippen LogP contribution is 2.46. The second kappa shape index (κ2) is 4.21. The Morgan fingerprint density at radius 1 is 1.18 bits per heavy atom. The molecule has 2 aliphatic rings. The van der Waals surface area contributed by atoms with Crippen molar-refractivity contribution in [1.29, 1.82) is 0 Å². The Labute approximate surface area is 101 Å². The van der Waals surface area contributed by atoms with Gasteiger partial charge in [-0.15, -0.1) is 0 Å². The monoisotopic (exact) mass is 240 g/mol. The predicted octanol–water partition coefficient (Wildman–Crippen LogP) is 0.116. The highest BCUT2D eigenvalue weighted by Gasteiger charge is 2.58. The van der Waals surface area contributed by atoms with E-state index in [0.29, 0.717) is 12.8 Å². The standard InChI is InChI=1S/C13H20O4/c1-2-6-12(16)8-5-10(15)11-9(14)4-3-7-13(11,12)17/h3-5,8-11,14-17H,2,6-7H2,1H3/t9-,10+,11?,12-,13-/m1/s1. The number of rotatable bonds is 2. The van der Waals surface area contributed by atoms with Gasteiger partial charge in [-0.2, -0.15) is 0 Å². The van der Waals surface area contributed by atoms with Gasteiger partial charge in [0, 0.05) is 0 Å². The Bertz CT molecular complexity index is 351. The lowest BCUT2D eigenvalue weighted by Crippen LogP contribution is -2.65. The lowest BCUT2D eigenvalue weighted by atomic mass is 9.61. The summed E-state index contributed by atoms with van der Waals surface area (Å²) < 4.78 is 0. The van der Waals surface area contributed by atoms with Crippen LogP contribution in [0.4, 0.5) is 0 Å². The molecule has 5 atom stereocenters. The summed E-state index contributed by atoms with van der Waals surface area (Å²) in [6, 6.07) is 0. The van der Waals surface area contributed by atoms with Crippen LogP contribution in [0.25, 0.3) is 0 Å². The smallest absolute Gasteiger partial charge is 0.112 e. The number of hydrogen-bond donors (Lipinski definition) is 4. The van der Waals surface area contributed by atoms with E-state index in [1.807, 2.05) is 6.92 Å². The molecule has 0 heterocycles. The molecule has 2 aliphatic carbocycles. The van der Waals surface area contributed by atoms with Gasteiger partial charge in [0.1, 0.15) is 11.2 Å². The van der Waals surface area contributed by atoms with E-state index in [9.17, 15) is 20.4 Å². The molecule has 4 heteroatoms. The highest BCUT2D eigenvalue weighted by molar-refractivity contribution is 5.28. The van der Waals surface area contributed by atoms with Crippen LogP contribution in [-0.2, 0) is 0 Å². The summed E-state index contributed by atoms with van der Waals surface area (Å²) in [7, 11) is 0. The molecule has 0 amide bonds. The quantitative estimate of drug-likeness (QED) is 0.517.